The Morgan fingerprint density at radius 1 is 0.311 bits per heavy atom. The summed E-state index contributed by atoms with van der Waals surface area (Å²) in [6.07, 6.45) is -85.2. The molecule has 0 amide bonds. The first-order valence-electron chi connectivity index (χ1n) is 38.6. The van der Waals surface area contributed by atoms with Crippen LogP contribution < -0.4 is 0 Å². The second kappa shape index (κ2) is 38.3. The number of aryl methyl sites for hydroxylation is 1. The first-order valence-corrected chi connectivity index (χ1v) is 38.6. The van der Waals surface area contributed by atoms with Crippen LogP contribution in [0.4, 0.5) is 0 Å². The molecule has 0 aliphatic carbocycles. The van der Waals surface area contributed by atoms with E-state index in [4.69, 9.17) is 85.3 Å². The zero-order chi connectivity index (χ0) is 84.9. The second-order valence-electron chi connectivity index (χ2n) is 30.5. The number of aliphatic hydroxyl groups is 22. The lowest BCUT2D eigenvalue weighted by atomic mass is 9.90. The van der Waals surface area contributed by atoms with Crippen LogP contribution in [0.2, 0.25) is 0 Å². The summed E-state index contributed by atoms with van der Waals surface area (Å²) in [5, 5.41) is 269. The van der Waals surface area contributed by atoms with Crippen molar-refractivity contribution in [3.8, 4) is 6.07 Å². The molecule has 30 fully saturated rings. The number of ether oxygens (including phenoxy) is 18. The number of carbonyl (C=O) groups is 2. The maximum absolute atomic E-state index is 13.9. The van der Waals surface area contributed by atoms with Crippen LogP contribution in [0, 0.1) is 11.3 Å². The summed E-state index contributed by atoms with van der Waals surface area (Å²) in [5.74, 6) is -1.93. The Morgan fingerprint density at radius 3 is 0.882 bits per heavy atom. The summed E-state index contributed by atoms with van der Waals surface area (Å²) >= 11 is 0. The standard InChI is InChI=1S/C76H97NO42/c77-17-26-7-9-31(10-8-26)68(101)103-25-40-67-51(92)59(100)76(111-40)117-65-38(23-83)107-72(55(96)47(65)88)113-61-34(19-79)104-69(52(93)44(61)85)114-62-35(20-80)108-73(56(97)48(62)89)118-66-39(24-102-41(84)6-2-3-27-11-12-30-14-13-28-4-1-5-29-15-16-32(27)43(30)42(28)29)110-75(58(99)50(66)91)116-64-37(22-82)106-71(54(95)46(64)87)112-60-33(18-78)105-70(53(94)45(60)86)115-63-36(21-81)109-74(119-67)57(98)49(63)90/h1,4-5,7-16,33-40,44-67,69-76,78-83,85-100H,2-3,6,18-25H2/t33-,34-,35-,36-,37-,38-,39-,40-,44-,45-,46-,47-,48-,49-,50-,51-,52-,53-,54-,55-,56-,57-,58-,59-,60-,61-,62-,63-,64-,65-,66-,67-,69-,70-,71-,72-,73-,74-,75-,76-/m1/s1. The quantitative estimate of drug-likeness (QED) is 0.0342. The molecule has 5 aromatic carbocycles. The molecule has 30 saturated heterocycles. The first-order chi connectivity index (χ1) is 57.1. The Balaban J connectivity index is 0.730. The number of nitriles is 1. The van der Waals surface area contributed by atoms with E-state index in [0.29, 0.717) is 6.42 Å². The molecular weight excluding hydrogens is 1600 g/mol. The minimum atomic E-state index is -2.36. The summed E-state index contributed by atoms with van der Waals surface area (Å²) < 4.78 is 106. The third-order valence-electron chi connectivity index (χ3n) is 23.0. The van der Waals surface area contributed by atoms with Crippen LogP contribution in [-0.4, -0.2) is 423 Å². The van der Waals surface area contributed by atoms with Gasteiger partial charge in [-0.1, -0.05) is 54.6 Å². The first kappa shape index (κ1) is 89.3. The van der Waals surface area contributed by atoms with E-state index in [1.807, 2.05) is 60.7 Å². The molecule has 0 unspecified atom stereocenters. The number of rotatable bonds is 15. The third kappa shape index (κ3) is 17.9. The number of esters is 2. The number of aliphatic hydroxyl groups excluding tert-OH is 22. The van der Waals surface area contributed by atoms with Crippen molar-refractivity contribution in [1.82, 2.24) is 0 Å². The molecule has 0 saturated carbocycles. The molecule has 22 N–H and O–H groups in total. The van der Waals surface area contributed by atoms with Crippen LogP contribution in [0.25, 0.3) is 32.3 Å². The largest absolute Gasteiger partial charge is 0.463 e. The highest BCUT2D eigenvalue weighted by Gasteiger charge is 2.61. The molecule has 0 radical (unpaired) electrons. The Morgan fingerprint density at radius 2 is 0.580 bits per heavy atom. The molecule has 5 aromatic rings. The number of benzene rings is 5. The Hall–Kier alpha value is -5.95. The van der Waals surface area contributed by atoms with Gasteiger partial charge >= 0.3 is 11.9 Å². The summed E-state index contributed by atoms with van der Waals surface area (Å²) in [5.41, 5.74) is 0.925. The van der Waals surface area contributed by atoms with Gasteiger partial charge < -0.3 is 198 Å². The number of hydrogen-bond donors (Lipinski definition) is 22. The van der Waals surface area contributed by atoms with E-state index in [1.165, 1.54) is 24.3 Å². The number of hydrogen-bond acceptors (Lipinski definition) is 43. The maximum Gasteiger partial charge on any atom is 0.338 e. The molecule has 0 spiro atoms. The molecule has 40 atom stereocenters. The summed E-state index contributed by atoms with van der Waals surface area (Å²) in [4.78, 5) is 27.3. The van der Waals surface area contributed by atoms with Crippen LogP contribution in [0.15, 0.2) is 78.9 Å². The molecule has 0 aromatic heterocycles. The van der Waals surface area contributed by atoms with Gasteiger partial charge in [-0.15, -0.1) is 0 Å². The maximum atomic E-state index is 13.9. The molecule has 43 nitrogen and oxygen atoms in total. The van der Waals surface area contributed by atoms with Crippen molar-refractivity contribution in [1.29, 1.82) is 5.26 Å². The summed E-state index contributed by atoms with van der Waals surface area (Å²) in [6, 6.07) is 24.8. The van der Waals surface area contributed by atoms with Crippen LogP contribution in [0.1, 0.15) is 34.3 Å². The molecule has 658 valence electrons. The molecule has 30 heterocycles. The van der Waals surface area contributed by atoms with Crippen molar-refractivity contribution in [2.75, 3.05) is 52.9 Å². The SMILES string of the molecule is N#Cc1ccc(C(=O)OC[C@H]2O[C@@H]3O[C@H]4[C@H](O)[C@@H](O)[C@@H](O[C@H]5[C@H](O)[C@@H](O)[C@@H](O[C@H]6[C@H](O)[C@@H](O)[C@@H](O[C@H]7[C@H](O)[C@@H](O)[C@@H](O[C@H]8[C@H](O)[C@@H](O)[C@@H](O[C@H]9[C@H](O)[C@@H](O)[C@@H](O[C@H]%10[C@H](O)[C@@H](O)[C@@H](O[C@H]2[C@H](O)[C@H]3O)O[C@@H]%10CO)O[C@@H]9CO)O[C@@H]8CO)O[C@@H]7COC(=O)CCCc2ccc3ccc7cccc8ccc2c3c78)O[C@@H]6CO)O[C@@H]5CO)O[C@@H]4CO)cc1. The van der Waals surface area contributed by atoms with Gasteiger partial charge in [0.2, 0.25) is 0 Å². The van der Waals surface area contributed by atoms with Gasteiger partial charge in [0.05, 0.1) is 56.8 Å². The zero-order valence-electron chi connectivity index (χ0n) is 62.8. The topological polar surface area (TPSA) is 669 Å². The molecule has 119 heavy (non-hydrogen) atoms. The number of nitrogens with zero attached hydrogens (tertiary/aromatic N) is 1. The van der Waals surface area contributed by atoms with Crippen LogP contribution in [0.5, 0.6) is 0 Å². The average molecular weight is 1700 g/mol. The normalized spacial score (nSPS) is 43.9. The Kier molecular flexibility index (Phi) is 28.7. The lowest BCUT2D eigenvalue weighted by Gasteiger charge is -2.50. The van der Waals surface area contributed by atoms with Crippen molar-refractivity contribution in [2.45, 2.75) is 265 Å². The molecule has 30 aliphatic rings. The predicted molar refractivity (Wildman–Crippen MR) is 382 cm³/mol. The van der Waals surface area contributed by atoms with E-state index in [0.717, 1.165) is 37.9 Å². The minimum absolute atomic E-state index is 0.139. The lowest BCUT2D eigenvalue weighted by Crippen LogP contribution is -2.69. The highest BCUT2D eigenvalue weighted by atomic mass is 16.8. The summed E-state index contributed by atoms with van der Waals surface area (Å²) in [6.45, 7) is -8.69. The second-order valence-corrected chi connectivity index (χ2v) is 30.5. The minimum Gasteiger partial charge on any atom is -0.463 e. The monoisotopic (exact) mass is 1700 g/mol. The fraction of sp³-hybridized carbons (Fsp3) is 0.671. The lowest BCUT2D eigenvalue weighted by molar-refractivity contribution is -0.404. The van der Waals surface area contributed by atoms with E-state index in [2.05, 4.69) is 0 Å². The van der Waals surface area contributed by atoms with Gasteiger partial charge in [-0.2, -0.15) is 5.26 Å². The van der Waals surface area contributed by atoms with Crippen LogP contribution in [0.3, 0.4) is 0 Å². The molecule has 30 aliphatic heterocycles. The van der Waals surface area contributed by atoms with E-state index in [1.54, 1.807) is 0 Å². The van der Waals surface area contributed by atoms with Gasteiger partial charge in [0.15, 0.2) is 50.3 Å². The highest BCUT2D eigenvalue weighted by Crippen LogP contribution is 2.42. The van der Waals surface area contributed by atoms with E-state index < -0.39 is 310 Å². The van der Waals surface area contributed by atoms with Gasteiger partial charge in [-0.3, -0.25) is 4.79 Å². The molecule has 43 heteroatoms. The third-order valence-corrected chi connectivity index (χ3v) is 23.0. The van der Waals surface area contributed by atoms with Crippen molar-refractivity contribution in [3.63, 3.8) is 0 Å². The molecule has 35 rings (SSSR count). The summed E-state index contributed by atoms with van der Waals surface area (Å²) in [7, 11) is 0. The van der Waals surface area contributed by atoms with Gasteiger partial charge in [-0.05, 0) is 75.0 Å². The van der Waals surface area contributed by atoms with Crippen molar-refractivity contribution in [2.24, 2.45) is 0 Å². The van der Waals surface area contributed by atoms with E-state index in [-0.39, 0.29) is 24.0 Å². The van der Waals surface area contributed by atoms with Gasteiger partial charge in [-0.25, -0.2) is 4.79 Å². The zero-order valence-corrected chi connectivity index (χ0v) is 62.8. The Bertz CT molecular complexity index is 4180. The van der Waals surface area contributed by atoms with Crippen LogP contribution >= 0.6 is 0 Å². The predicted octanol–water partition coefficient (Wildman–Crippen LogP) is -10.2. The fourth-order valence-corrected chi connectivity index (χ4v) is 16.5. The number of carbonyl (C=O) groups excluding carboxylic acids is 2. The smallest absolute Gasteiger partial charge is 0.338 e. The average Bonchev–Trinajstić information content (AvgIpc) is 0.737. The highest BCUT2D eigenvalue weighted by molar-refractivity contribution is 6.23. The van der Waals surface area contributed by atoms with E-state index in [9.17, 15) is 127 Å². The van der Waals surface area contributed by atoms with Crippen molar-refractivity contribution < 1.29 is 207 Å². The molecule has 16 bridgehead atoms. The van der Waals surface area contributed by atoms with Gasteiger partial charge in [0.25, 0.3) is 0 Å². The fourth-order valence-electron chi connectivity index (χ4n) is 16.5. The molecular formula is C76H97NO42. The Labute approximate surface area is 673 Å². The van der Waals surface area contributed by atoms with Crippen LogP contribution in [-0.2, 0) is 96.5 Å². The van der Waals surface area contributed by atoms with Crippen molar-refractivity contribution in [3.05, 3.63) is 95.6 Å². The van der Waals surface area contributed by atoms with Crippen molar-refractivity contribution >= 4 is 44.3 Å². The van der Waals surface area contributed by atoms with Gasteiger partial charge in [0.1, 0.15) is 209 Å². The van der Waals surface area contributed by atoms with E-state index >= 15 is 0 Å². The van der Waals surface area contributed by atoms with Gasteiger partial charge in [0, 0.05) is 6.42 Å².